The highest BCUT2D eigenvalue weighted by Crippen LogP contribution is 2.24. The van der Waals surface area contributed by atoms with Crippen molar-refractivity contribution in [3.05, 3.63) is 35.4 Å². The molecule has 1 atom stereocenters. The number of carbonyl (C=O) groups excluding carboxylic acids is 1. The van der Waals surface area contributed by atoms with Crippen LogP contribution in [0.1, 0.15) is 18.1 Å². The average molecular weight is 209 g/mol. The minimum Gasteiger partial charge on any atom is -0.380 e. The Morgan fingerprint density at radius 3 is 2.67 bits per heavy atom. The van der Waals surface area contributed by atoms with Gasteiger partial charge in [0, 0.05) is 7.11 Å². The summed E-state index contributed by atoms with van der Waals surface area (Å²) in [5.74, 6) is -0.772. The SMILES string of the molecule is COCc1ccccc1C(C)(O)C(N)=O. The number of carbonyl (C=O) groups is 1. The van der Waals surface area contributed by atoms with E-state index in [0.717, 1.165) is 5.56 Å². The van der Waals surface area contributed by atoms with Crippen LogP contribution in [0.2, 0.25) is 0 Å². The van der Waals surface area contributed by atoms with E-state index < -0.39 is 11.5 Å². The van der Waals surface area contributed by atoms with E-state index in [2.05, 4.69) is 0 Å². The number of ether oxygens (including phenoxy) is 1. The minimum atomic E-state index is -1.66. The lowest BCUT2D eigenvalue weighted by atomic mass is 9.91. The van der Waals surface area contributed by atoms with Gasteiger partial charge in [-0.3, -0.25) is 4.79 Å². The number of rotatable bonds is 4. The molecule has 0 aliphatic carbocycles. The summed E-state index contributed by atoms with van der Waals surface area (Å²) in [4.78, 5) is 11.1. The molecule has 4 nitrogen and oxygen atoms in total. The number of amides is 1. The third-order valence-corrected chi connectivity index (χ3v) is 2.32. The number of nitrogens with two attached hydrogens (primary N) is 1. The van der Waals surface area contributed by atoms with Crippen LogP contribution in [0.3, 0.4) is 0 Å². The Labute approximate surface area is 88.7 Å². The van der Waals surface area contributed by atoms with E-state index >= 15 is 0 Å². The molecule has 82 valence electrons. The minimum absolute atomic E-state index is 0.333. The number of benzene rings is 1. The van der Waals surface area contributed by atoms with Crippen molar-refractivity contribution in [2.75, 3.05) is 7.11 Å². The zero-order valence-electron chi connectivity index (χ0n) is 8.86. The van der Waals surface area contributed by atoms with Gasteiger partial charge in [0.1, 0.15) is 0 Å². The first-order chi connectivity index (χ1) is 7.00. The molecule has 0 fully saturated rings. The largest absolute Gasteiger partial charge is 0.380 e. The van der Waals surface area contributed by atoms with Crippen molar-refractivity contribution in [2.24, 2.45) is 5.73 Å². The second-order valence-corrected chi connectivity index (χ2v) is 3.53. The van der Waals surface area contributed by atoms with Gasteiger partial charge in [0.15, 0.2) is 5.60 Å². The zero-order chi connectivity index (χ0) is 11.5. The van der Waals surface area contributed by atoms with E-state index in [9.17, 15) is 9.90 Å². The van der Waals surface area contributed by atoms with Crippen LogP contribution in [0.25, 0.3) is 0 Å². The predicted molar refractivity (Wildman–Crippen MR) is 55.9 cm³/mol. The van der Waals surface area contributed by atoms with Crippen LogP contribution >= 0.6 is 0 Å². The average Bonchev–Trinajstić information content (AvgIpc) is 2.18. The van der Waals surface area contributed by atoms with Crippen LogP contribution < -0.4 is 5.73 Å². The summed E-state index contributed by atoms with van der Waals surface area (Å²) in [5, 5.41) is 9.94. The van der Waals surface area contributed by atoms with Crippen molar-refractivity contribution in [1.82, 2.24) is 0 Å². The van der Waals surface area contributed by atoms with E-state index in [1.807, 2.05) is 6.07 Å². The highest BCUT2D eigenvalue weighted by atomic mass is 16.5. The van der Waals surface area contributed by atoms with Crippen LogP contribution in [0.15, 0.2) is 24.3 Å². The second kappa shape index (κ2) is 4.42. The highest BCUT2D eigenvalue weighted by molar-refractivity contribution is 5.84. The van der Waals surface area contributed by atoms with Gasteiger partial charge in [-0.1, -0.05) is 24.3 Å². The van der Waals surface area contributed by atoms with Crippen LogP contribution in [0, 0.1) is 0 Å². The Hall–Kier alpha value is -1.39. The number of hydrogen-bond donors (Lipinski definition) is 2. The molecule has 3 N–H and O–H groups in total. The van der Waals surface area contributed by atoms with E-state index in [-0.39, 0.29) is 0 Å². The fraction of sp³-hybridized carbons (Fsp3) is 0.364. The molecular formula is C11H15NO3. The first-order valence-corrected chi connectivity index (χ1v) is 4.59. The molecule has 1 unspecified atom stereocenters. The van der Waals surface area contributed by atoms with Gasteiger partial charge in [-0.05, 0) is 18.1 Å². The Bertz CT molecular complexity index is 361. The summed E-state index contributed by atoms with van der Waals surface area (Å²) in [7, 11) is 1.55. The van der Waals surface area contributed by atoms with Crippen molar-refractivity contribution in [3.63, 3.8) is 0 Å². The van der Waals surface area contributed by atoms with Crippen molar-refractivity contribution >= 4 is 5.91 Å². The van der Waals surface area contributed by atoms with Gasteiger partial charge in [-0.15, -0.1) is 0 Å². The molecular weight excluding hydrogens is 194 g/mol. The lowest BCUT2D eigenvalue weighted by molar-refractivity contribution is -0.135. The Morgan fingerprint density at radius 1 is 1.53 bits per heavy atom. The van der Waals surface area contributed by atoms with Gasteiger partial charge in [-0.2, -0.15) is 0 Å². The fourth-order valence-corrected chi connectivity index (χ4v) is 1.41. The molecule has 4 heteroatoms. The van der Waals surface area contributed by atoms with Gasteiger partial charge in [0.05, 0.1) is 6.61 Å². The van der Waals surface area contributed by atoms with Crippen molar-refractivity contribution < 1.29 is 14.6 Å². The number of aliphatic hydroxyl groups is 1. The molecule has 15 heavy (non-hydrogen) atoms. The van der Waals surface area contributed by atoms with Gasteiger partial charge in [0.25, 0.3) is 5.91 Å². The molecule has 1 rings (SSSR count). The van der Waals surface area contributed by atoms with E-state index in [1.54, 1.807) is 25.3 Å². The van der Waals surface area contributed by atoms with Crippen LogP contribution in [0.4, 0.5) is 0 Å². The molecule has 0 aromatic heterocycles. The van der Waals surface area contributed by atoms with E-state index in [4.69, 9.17) is 10.5 Å². The summed E-state index contributed by atoms with van der Waals surface area (Å²) < 4.78 is 4.98. The molecule has 0 saturated carbocycles. The Kier molecular flexibility index (Phi) is 3.44. The molecule has 0 aliphatic heterocycles. The molecule has 1 amide bonds. The van der Waals surface area contributed by atoms with E-state index in [1.165, 1.54) is 6.92 Å². The second-order valence-electron chi connectivity index (χ2n) is 3.53. The van der Waals surface area contributed by atoms with Crippen LogP contribution in [-0.4, -0.2) is 18.1 Å². The third-order valence-electron chi connectivity index (χ3n) is 2.32. The maximum Gasteiger partial charge on any atom is 0.253 e. The first-order valence-electron chi connectivity index (χ1n) is 4.59. The first kappa shape index (κ1) is 11.7. The van der Waals surface area contributed by atoms with Crippen molar-refractivity contribution in [3.8, 4) is 0 Å². The smallest absolute Gasteiger partial charge is 0.253 e. The maximum atomic E-state index is 11.1. The quantitative estimate of drug-likeness (QED) is 0.759. The summed E-state index contributed by atoms with van der Waals surface area (Å²) in [6.45, 7) is 1.71. The molecule has 0 bridgehead atoms. The third kappa shape index (κ3) is 2.34. The van der Waals surface area contributed by atoms with Crippen LogP contribution in [-0.2, 0) is 21.7 Å². The molecule has 0 saturated heterocycles. The van der Waals surface area contributed by atoms with Crippen molar-refractivity contribution in [2.45, 2.75) is 19.1 Å². The summed E-state index contributed by atoms with van der Waals surface area (Å²) in [5.41, 5.74) is 4.72. The summed E-state index contributed by atoms with van der Waals surface area (Å²) >= 11 is 0. The molecule has 0 radical (unpaired) electrons. The van der Waals surface area contributed by atoms with Crippen molar-refractivity contribution in [1.29, 1.82) is 0 Å². The molecule has 0 heterocycles. The fourth-order valence-electron chi connectivity index (χ4n) is 1.41. The Balaban J connectivity index is 3.18. The zero-order valence-corrected chi connectivity index (χ0v) is 8.86. The van der Waals surface area contributed by atoms with Gasteiger partial charge in [-0.25, -0.2) is 0 Å². The van der Waals surface area contributed by atoms with E-state index in [0.29, 0.717) is 12.2 Å². The summed E-state index contributed by atoms with van der Waals surface area (Å²) in [6, 6.07) is 7.01. The number of primary amides is 1. The van der Waals surface area contributed by atoms with Gasteiger partial charge in [0.2, 0.25) is 0 Å². The summed E-state index contributed by atoms with van der Waals surface area (Å²) in [6.07, 6.45) is 0. The molecule has 1 aromatic rings. The standard InChI is InChI=1S/C11H15NO3/c1-11(14,10(12)13)9-6-4-3-5-8(9)7-15-2/h3-6,14H,7H2,1-2H3,(H2,12,13). The number of hydrogen-bond acceptors (Lipinski definition) is 3. The molecule has 0 spiro atoms. The van der Waals surface area contributed by atoms with Crippen LogP contribution in [0.5, 0.6) is 0 Å². The maximum absolute atomic E-state index is 11.1. The van der Waals surface area contributed by atoms with Gasteiger partial charge < -0.3 is 15.6 Å². The highest BCUT2D eigenvalue weighted by Gasteiger charge is 2.31. The van der Waals surface area contributed by atoms with Gasteiger partial charge >= 0.3 is 0 Å². The lowest BCUT2D eigenvalue weighted by Crippen LogP contribution is -2.39. The lowest BCUT2D eigenvalue weighted by Gasteiger charge is -2.22. The Morgan fingerprint density at radius 2 is 2.13 bits per heavy atom. The monoisotopic (exact) mass is 209 g/mol. The number of methoxy groups -OCH3 is 1. The normalized spacial score (nSPS) is 14.6. The topological polar surface area (TPSA) is 72.6 Å². The molecule has 0 aliphatic rings. The molecule has 1 aromatic carbocycles. The predicted octanol–water partition coefficient (Wildman–Crippen LogP) is 0.526.